The molecule has 2 unspecified atom stereocenters. The third-order valence-corrected chi connectivity index (χ3v) is 6.47. The minimum Gasteiger partial charge on any atom is -0.373 e. The van der Waals surface area contributed by atoms with E-state index in [4.69, 9.17) is 9.47 Å². The molecule has 0 aliphatic carbocycles. The maximum atomic E-state index is 14.3. The van der Waals surface area contributed by atoms with Gasteiger partial charge in [-0.1, -0.05) is 97.1 Å². The zero-order chi connectivity index (χ0) is 23.4. The van der Waals surface area contributed by atoms with Crippen molar-refractivity contribution in [2.24, 2.45) is 5.92 Å². The SMILES string of the molecule is Fc1ccc(C2CC(COC(c3ccccc3)(c3ccccc3)c3ccccc3)CO2)c(F)c1. The summed E-state index contributed by atoms with van der Waals surface area (Å²) in [4.78, 5) is 0. The zero-order valence-corrected chi connectivity index (χ0v) is 18.7. The molecule has 0 radical (unpaired) electrons. The van der Waals surface area contributed by atoms with Gasteiger partial charge in [-0.3, -0.25) is 0 Å². The fourth-order valence-corrected chi connectivity index (χ4v) is 4.80. The van der Waals surface area contributed by atoms with Gasteiger partial charge in [0.25, 0.3) is 0 Å². The summed E-state index contributed by atoms with van der Waals surface area (Å²) in [6, 6.07) is 34.3. The summed E-state index contributed by atoms with van der Waals surface area (Å²) in [5.74, 6) is -1.08. The van der Waals surface area contributed by atoms with Crippen molar-refractivity contribution in [3.8, 4) is 0 Å². The van der Waals surface area contributed by atoms with E-state index in [1.165, 1.54) is 12.1 Å². The molecule has 1 aliphatic rings. The van der Waals surface area contributed by atoms with Gasteiger partial charge in [0.2, 0.25) is 0 Å². The minimum atomic E-state index is -0.803. The van der Waals surface area contributed by atoms with Crippen LogP contribution in [0.15, 0.2) is 109 Å². The zero-order valence-electron chi connectivity index (χ0n) is 18.7. The van der Waals surface area contributed by atoms with Gasteiger partial charge < -0.3 is 9.47 Å². The second-order valence-electron chi connectivity index (χ2n) is 8.68. The molecule has 2 nitrogen and oxygen atoms in total. The molecule has 1 saturated heterocycles. The van der Waals surface area contributed by atoms with E-state index in [9.17, 15) is 8.78 Å². The monoisotopic (exact) mass is 456 g/mol. The van der Waals surface area contributed by atoms with Gasteiger partial charge in [-0.2, -0.15) is 0 Å². The Bertz CT molecular complexity index is 1120. The Morgan fingerprint density at radius 2 is 1.26 bits per heavy atom. The number of halogens is 2. The largest absolute Gasteiger partial charge is 0.373 e. The van der Waals surface area contributed by atoms with E-state index in [0.29, 0.717) is 25.2 Å². The van der Waals surface area contributed by atoms with Gasteiger partial charge in [-0.25, -0.2) is 8.78 Å². The molecule has 4 heteroatoms. The van der Waals surface area contributed by atoms with Crippen LogP contribution in [0.4, 0.5) is 8.78 Å². The predicted molar refractivity (Wildman–Crippen MR) is 128 cm³/mol. The Labute approximate surface area is 198 Å². The van der Waals surface area contributed by atoms with Crippen molar-refractivity contribution < 1.29 is 18.3 Å². The summed E-state index contributed by atoms with van der Waals surface area (Å²) in [6.45, 7) is 0.883. The lowest BCUT2D eigenvalue weighted by atomic mass is 9.80. The average Bonchev–Trinajstić information content (AvgIpc) is 3.35. The molecule has 34 heavy (non-hydrogen) atoms. The smallest absolute Gasteiger partial charge is 0.143 e. The summed E-state index contributed by atoms with van der Waals surface area (Å²) < 4.78 is 40.4. The van der Waals surface area contributed by atoms with Crippen LogP contribution in [-0.2, 0) is 15.1 Å². The normalized spacial score (nSPS) is 18.2. The van der Waals surface area contributed by atoms with Gasteiger partial charge in [0.05, 0.1) is 19.3 Å². The Morgan fingerprint density at radius 3 is 1.76 bits per heavy atom. The molecular formula is C30H26F2O2. The van der Waals surface area contributed by atoms with Crippen molar-refractivity contribution in [2.45, 2.75) is 18.1 Å². The standard InChI is InChI=1S/C30H26F2O2/c31-26-16-17-27(28(32)19-26)29-18-22(20-33-29)21-34-30(23-10-4-1-5-11-23,24-12-6-2-7-13-24)25-14-8-3-9-15-25/h1-17,19,22,29H,18,20-21H2. The van der Waals surface area contributed by atoms with Crippen LogP contribution in [-0.4, -0.2) is 13.2 Å². The summed E-state index contributed by atoms with van der Waals surface area (Å²) in [6.07, 6.45) is 0.200. The van der Waals surface area contributed by atoms with E-state index >= 15 is 0 Å². The molecule has 0 amide bonds. The molecule has 0 N–H and O–H groups in total. The number of hydrogen-bond acceptors (Lipinski definition) is 2. The van der Waals surface area contributed by atoms with E-state index in [0.717, 1.165) is 22.8 Å². The molecule has 0 aromatic heterocycles. The molecule has 4 aromatic carbocycles. The van der Waals surface area contributed by atoms with Crippen LogP contribution in [0.3, 0.4) is 0 Å². The van der Waals surface area contributed by atoms with Gasteiger partial charge in [-0.05, 0) is 29.2 Å². The van der Waals surface area contributed by atoms with Crippen LogP contribution < -0.4 is 0 Å². The first kappa shape index (κ1) is 22.5. The fourth-order valence-electron chi connectivity index (χ4n) is 4.80. The number of hydrogen-bond donors (Lipinski definition) is 0. The van der Waals surface area contributed by atoms with Crippen LogP contribution in [0.5, 0.6) is 0 Å². The minimum absolute atomic E-state index is 0.0740. The predicted octanol–water partition coefficient (Wildman–Crippen LogP) is 7.05. The highest BCUT2D eigenvalue weighted by Gasteiger charge is 2.39. The molecule has 1 aliphatic heterocycles. The van der Waals surface area contributed by atoms with Gasteiger partial charge in [0.1, 0.15) is 17.2 Å². The van der Waals surface area contributed by atoms with E-state index in [-0.39, 0.29) is 5.92 Å². The first-order valence-corrected chi connectivity index (χ1v) is 11.5. The van der Waals surface area contributed by atoms with E-state index in [1.54, 1.807) is 0 Å². The van der Waals surface area contributed by atoms with Crippen molar-refractivity contribution in [2.75, 3.05) is 13.2 Å². The second-order valence-corrected chi connectivity index (χ2v) is 8.68. The molecule has 1 heterocycles. The Morgan fingerprint density at radius 1 is 0.735 bits per heavy atom. The molecular weight excluding hydrogens is 430 g/mol. The van der Waals surface area contributed by atoms with Crippen molar-refractivity contribution in [3.63, 3.8) is 0 Å². The number of benzene rings is 4. The van der Waals surface area contributed by atoms with Crippen molar-refractivity contribution in [1.82, 2.24) is 0 Å². The van der Waals surface area contributed by atoms with Crippen LogP contribution in [0.2, 0.25) is 0 Å². The van der Waals surface area contributed by atoms with E-state index in [1.807, 2.05) is 54.6 Å². The van der Waals surface area contributed by atoms with Crippen LogP contribution in [0, 0.1) is 17.6 Å². The van der Waals surface area contributed by atoms with Crippen molar-refractivity contribution >= 4 is 0 Å². The highest BCUT2D eigenvalue weighted by Crippen LogP contribution is 2.42. The summed E-state index contributed by atoms with van der Waals surface area (Å²) in [5, 5.41) is 0. The first-order chi connectivity index (χ1) is 16.7. The summed E-state index contributed by atoms with van der Waals surface area (Å²) >= 11 is 0. The van der Waals surface area contributed by atoms with Gasteiger partial charge in [0, 0.05) is 17.5 Å². The maximum Gasteiger partial charge on any atom is 0.143 e. The van der Waals surface area contributed by atoms with Gasteiger partial charge in [0.15, 0.2) is 0 Å². The second kappa shape index (κ2) is 9.88. The van der Waals surface area contributed by atoms with Gasteiger partial charge >= 0.3 is 0 Å². The highest BCUT2D eigenvalue weighted by molar-refractivity contribution is 5.47. The Balaban J connectivity index is 1.46. The van der Waals surface area contributed by atoms with E-state index in [2.05, 4.69) is 36.4 Å². The maximum absolute atomic E-state index is 14.3. The average molecular weight is 457 g/mol. The quantitative estimate of drug-likeness (QED) is 0.277. The first-order valence-electron chi connectivity index (χ1n) is 11.5. The summed E-state index contributed by atoms with van der Waals surface area (Å²) in [7, 11) is 0. The third kappa shape index (κ3) is 4.39. The lowest BCUT2D eigenvalue weighted by Gasteiger charge is -2.36. The fraction of sp³-hybridized carbons (Fsp3) is 0.200. The molecule has 0 saturated carbocycles. The molecule has 5 rings (SSSR count). The topological polar surface area (TPSA) is 18.5 Å². The molecule has 0 spiro atoms. The molecule has 2 atom stereocenters. The molecule has 0 bridgehead atoms. The van der Waals surface area contributed by atoms with E-state index < -0.39 is 23.3 Å². The third-order valence-electron chi connectivity index (χ3n) is 6.47. The molecule has 1 fully saturated rings. The number of rotatable bonds is 7. The molecule has 172 valence electrons. The Hall–Kier alpha value is -3.34. The lowest BCUT2D eigenvalue weighted by Crippen LogP contribution is -2.34. The summed E-state index contributed by atoms with van der Waals surface area (Å²) in [5.41, 5.74) is 2.69. The van der Waals surface area contributed by atoms with Crippen LogP contribution in [0.1, 0.15) is 34.8 Å². The van der Waals surface area contributed by atoms with Crippen LogP contribution >= 0.6 is 0 Å². The van der Waals surface area contributed by atoms with Crippen LogP contribution in [0.25, 0.3) is 0 Å². The van der Waals surface area contributed by atoms with Crippen molar-refractivity contribution in [1.29, 1.82) is 0 Å². The van der Waals surface area contributed by atoms with Gasteiger partial charge in [-0.15, -0.1) is 0 Å². The van der Waals surface area contributed by atoms with Crippen molar-refractivity contribution in [3.05, 3.63) is 143 Å². The number of ether oxygens (including phenoxy) is 2. The highest BCUT2D eigenvalue weighted by atomic mass is 19.1. The Kier molecular flexibility index (Phi) is 6.52. The molecule has 4 aromatic rings. The lowest BCUT2D eigenvalue weighted by molar-refractivity contribution is -0.0101.